The monoisotopic (exact) mass is 621 g/mol. The predicted molar refractivity (Wildman–Crippen MR) is 203 cm³/mol. The van der Waals surface area contributed by atoms with E-state index in [1.54, 1.807) is 15.7 Å². The highest BCUT2D eigenvalue weighted by atomic mass is 32.2. The lowest BCUT2D eigenvalue weighted by Crippen LogP contribution is -2.72. The maximum absolute atomic E-state index is 13.1. The van der Waals surface area contributed by atoms with Crippen molar-refractivity contribution in [2.45, 2.75) is 105 Å². The van der Waals surface area contributed by atoms with Gasteiger partial charge in [-0.05, 0) is 89.7 Å². The summed E-state index contributed by atoms with van der Waals surface area (Å²) in [6.07, 6.45) is 5.99. The third kappa shape index (κ3) is 5.12. The highest BCUT2D eigenvalue weighted by Gasteiger charge is 2.71. The molecule has 1 amide bonds. The molecule has 5 unspecified atom stereocenters. The largest absolute Gasteiger partial charge is 0.401 e. The smallest absolute Gasteiger partial charge is 0.256 e. The van der Waals surface area contributed by atoms with Crippen LogP contribution in [0.15, 0.2) is 0 Å². The molecule has 4 saturated carbocycles. The average Bonchev–Trinajstić information content (AvgIpc) is 3.20. The van der Waals surface area contributed by atoms with Gasteiger partial charge in [0.15, 0.2) is 0 Å². The van der Waals surface area contributed by atoms with Gasteiger partial charge in [-0.3, -0.25) is 9.35 Å². The van der Waals surface area contributed by atoms with Crippen LogP contribution in [0, 0.1) is 52.3 Å². The molecule has 0 bridgehead atoms. The lowest BCUT2D eigenvalue weighted by Gasteiger charge is -2.73. The third-order valence-electron chi connectivity index (χ3n) is 15.7. The second kappa shape index (κ2) is 11.0. The van der Waals surface area contributed by atoms with E-state index in [1.807, 2.05) is 7.85 Å². The molecular formula is C27H56B9NO6S. The van der Waals surface area contributed by atoms with E-state index in [0.29, 0.717) is 36.5 Å². The van der Waals surface area contributed by atoms with Crippen LogP contribution in [0.3, 0.4) is 0 Å². The van der Waals surface area contributed by atoms with Crippen LogP contribution in [0.2, 0.25) is 10.4 Å². The van der Waals surface area contributed by atoms with Gasteiger partial charge >= 0.3 is 0 Å². The number of hydrogen-bond donors (Lipinski definition) is 4. The molecule has 0 aromatic rings. The van der Waals surface area contributed by atoms with Crippen LogP contribution >= 0.6 is 0 Å². The first-order chi connectivity index (χ1) is 19.6. The van der Waals surface area contributed by atoms with Crippen molar-refractivity contribution >= 4 is 86.6 Å². The van der Waals surface area contributed by atoms with Crippen LogP contribution in [0.5, 0.6) is 0 Å². The predicted octanol–water partition coefficient (Wildman–Crippen LogP) is -5.57. The Morgan fingerprint density at radius 3 is 2.09 bits per heavy atom. The summed E-state index contributed by atoms with van der Waals surface area (Å²) < 4.78 is 32.2. The maximum Gasteiger partial charge on any atom is 0.256 e. The fraction of sp³-hybridized carbons (Fsp3) is 0.963. The summed E-state index contributed by atoms with van der Waals surface area (Å²) >= 11 is 0. The highest BCUT2D eigenvalue weighted by molar-refractivity contribution is 7.90. The Morgan fingerprint density at radius 1 is 1.00 bits per heavy atom. The molecule has 4 rings (SSSR count). The van der Waals surface area contributed by atoms with Gasteiger partial charge in [0.05, 0.1) is 6.10 Å². The minimum absolute atomic E-state index is 0.0320. The normalized spacial score (nSPS) is 44.0. The van der Waals surface area contributed by atoms with Gasteiger partial charge in [0.1, 0.15) is 70.6 Å². The van der Waals surface area contributed by atoms with Crippen molar-refractivity contribution < 1.29 is 28.0 Å². The number of aliphatic hydroxyl groups is 2. The number of carbonyl (C=O) groups is 1. The Bertz CT molecular complexity index is 1270. The Labute approximate surface area is 275 Å². The first-order valence-electron chi connectivity index (χ1n) is 17.3. The van der Waals surface area contributed by atoms with E-state index in [-0.39, 0.29) is 44.9 Å². The summed E-state index contributed by atoms with van der Waals surface area (Å²) in [5.41, 5.74) is -0.714. The van der Waals surface area contributed by atoms with Gasteiger partial charge < -0.3 is 15.5 Å². The van der Waals surface area contributed by atoms with Crippen molar-refractivity contribution in [3.63, 3.8) is 0 Å². The zero-order valence-corrected chi connectivity index (χ0v) is 30.9. The van der Waals surface area contributed by atoms with Gasteiger partial charge in [0, 0.05) is 16.5 Å². The van der Waals surface area contributed by atoms with E-state index >= 15 is 0 Å². The van der Waals surface area contributed by atoms with E-state index in [9.17, 15) is 28.0 Å². The average molecular weight is 620 g/mol. The topological polar surface area (TPSA) is 124 Å². The second-order valence-corrected chi connectivity index (χ2v) is 20.9. The van der Waals surface area contributed by atoms with Crippen LogP contribution < -0.4 is 5.32 Å². The molecule has 44 heavy (non-hydrogen) atoms. The summed E-state index contributed by atoms with van der Waals surface area (Å²) in [7, 11) is 12.8. The molecule has 11 atom stereocenters. The van der Waals surface area contributed by atoms with Gasteiger partial charge in [0.25, 0.3) is 10.1 Å². The van der Waals surface area contributed by atoms with Gasteiger partial charge in [-0.2, -0.15) is 0 Å². The fourth-order valence-electron chi connectivity index (χ4n) is 12.3. The van der Waals surface area contributed by atoms with E-state index in [1.165, 1.54) is 15.7 Å². The fourth-order valence-corrected chi connectivity index (χ4v) is 13.0. The summed E-state index contributed by atoms with van der Waals surface area (Å²) in [5, 5.41) is 25.3. The number of aliphatic hydroxyl groups excluding tert-OH is 1. The van der Waals surface area contributed by atoms with Crippen molar-refractivity contribution in [1.29, 1.82) is 0 Å². The molecule has 0 saturated heterocycles. The van der Waals surface area contributed by atoms with Crippen molar-refractivity contribution in [3.8, 4) is 0 Å². The second-order valence-electron chi connectivity index (χ2n) is 18.9. The van der Waals surface area contributed by atoms with Gasteiger partial charge in [-0.1, -0.05) is 44.5 Å². The molecule has 0 spiro atoms. The van der Waals surface area contributed by atoms with Gasteiger partial charge in [0.2, 0.25) is 5.91 Å². The van der Waals surface area contributed by atoms with E-state index in [2.05, 4.69) is 64.4 Å². The Morgan fingerprint density at radius 2 is 1.55 bits per heavy atom. The first-order valence-corrected chi connectivity index (χ1v) is 18.7. The van der Waals surface area contributed by atoms with Crippen molar-refractivity contribution in [2.75, 3.05) is 0 Å². The van der Waals surface area contributed by atoms with Crippen LogP contribution in [0.4, 0.5) is 0 Å². The summed E-state index contributed by atoms with van der Waals surface area (Å²) in [4.78, 5) is 13.1. The third-order valence-corrected chi connectivity index (χ3v) is 17.5. The lowest BCUT2D eigenvalue weighted by atomic mass is 9.17. The van der Waals surface area contributed by atoms with Crippen molar-refractivity contribution in [3.05, 3.63) is 0 Å². The van der Waals surface area contributed by atoms with Crippen molar-refractivity contribution in [2.24, 2.45) is 52.3 Å². The van der Waals surface area contributed by atoms with Crippen molar-refractivity contribution in [1.82, 2.24) is 5.32 Å². The number of rotatable bonds is 7. The van der Waals surface area contributed by atoms with E-state index < -0.39 is 31.6 Å². The molecule has 4 aliphatic rings. The van der Waals surface area contributed by atoms with E-state index in [4.69, 9.17) is 0 Å². The molecule has 0 heterocycles. The number of hydrogen-bond acceptors (Lipinski definition) is 5. The molecule has 0 aromatic heterocycles. The van der Waals surface area contributed by atoms with Crippen LogP contribution in [-0.2, 0) is 14.9 Å². The minimum Gasteiger partial charge on any atom is -0.401 e. The summed E-state index contributed by atoms with van der Waals surface area (Å²) in [6, 6.07) is 0. The highest BCUT2D eigenvalue weighted by Crippen LogP contribution is 2.75. The molecular weight excluding hydrogens is 564 g/mol. The van der Waals surface area contributed by atoms with Gasteiger partial charge in [-0.15, -0.1) is 0 Å². The Kier molecular flexibility index (Phi) is 9.14. The number of carbonyl (C=O) groups excluding carboxylic acids is 1. The summed E-state index contributed by atoms with van der Waals surface area (Å²) in [5.74, 6) is 1.98. The minimum atomic E-state index is -4.37. The molecule has 7 nitrogen and oxygen atoms in total. The molecule has 238 valence electrons. The lowest BCUT2D eigenvalue weighted by molar-refractivity contribution is -0.210. The molecule has 4 fully saturated rings. The molecule has 0 radical (unpaired) electrons. The Balaban J connectivity index is 1.53. The van der Waals surface area contributed by atoms with Crippen LogP contribution in [0.25, 0.3) is 0 Å². The first kappa shape index (κ1) is 36.7. The summed E-state index contributed by atoms with van der Waals surface area (Å²) in [6.45, 7) is 9.43. The molecule has 4 aliphatic carbocycles. The zero-order valence-electron chi connectivity index (χ0n) is 30.0. The quantitative estimate of drug-likeness (QED) is 0.167. The number of fused-ring (bicyclic) bond motifs is 5. The molecule has 4 N–H and O–H groups in total. The molecule has 0 aromatic carbocycles. The maximum atomic E-state index is 13.1. The Hall–Kier alpha value is -0.116. The number of amides is 1. The SMILES string of the molecule is BC1(B)C[C@]2(C)C3CC[C@@]4(C)C(CCC4[C@H](C)CCC(=O)NC(B)(B)C(B)(B)S(=O)(=O)O)C3[C@H](O)[C@H](C)[C@@H]2C(B)(B)C1(B)O. The molecule has 17 heteroatoms. The van der Waals surface area contributed by atoms with E-state index in [0.717, 1.165) is 32.1 Å². The van der Waals surface area contributed by atoms with Crippen LogP contribution in [-0.4, -0.2) is 121 Å². The number of nitrogens with one attached hydrogen (secondary N) is 1. The standard InChI is InChI=1S/C27H56B9NO6S/c1-12(5-8-17(38)37-26(33,34)27(35,36)44(41,42)43)14-6-7-15-18-16(9-10-21(14,15)3)22(4)11-23(28,29)25(32,40)24(30,31)20(22)13(2)19(18)39/h12-16,18-20,39-40H,5-11,28-36H2,1-4H3,(H,37,38)(H,41,42,43)/t12-,13+,14?,15?,16?,18?,19-,20+,21-,22-,25?/m1/s1. The van der Waals surface area contributed by atoms with Gasteiger partial charge in [-0.25, -0.2) is 8.42 Å². The zero-order chi connectivity index (χ0) is 33.9. The van der Waals surface area contributed by atoms with Crippen LogP contribution in [0.1, 0.15) is 72.6 Å². The molecule has 0 aliphatic heterocycles.